The SMILES string of the molecule is CC1CN(C(C)(C)C)CCN1c1cnc(C(C)(C)C)cn1. The molecule has 118 valence electrons. The van der Waals surface area contributed by atoms with E-state index in [0.29, 0.717) is 6.04 Å². The summed E-state index contributed by atoms with van der Waals surface area (Å²) >= 11 is 0. The van der Waals surface area contributed by atoms with Gasteiger partial charge in [0.05, 0.1) is 18.1 Å². The molecular formula is C17H30N4. The van der Waals surface area contributed by atoms with Crippen LogP contribution < -0.4 is 4.90 Å². The van der Waals surface area contributed by atoms with Gasteiger partial charge in [-0.1, -0.05) is 20.8 Å². The third kappa shape index (κ3) is 3.73. The summed E-state index contributed by atoms with van der Waals surface area (Å²) in [5.74, 6) is 1.00. The first-order valence-corrected chi connectivity index (χ1v) is 7.93. The molecule has 1 fully saturated rings. The summed E-state index contributed by atoms with van der Waals surface area (Å²) in [6, 6.07) is 0.466. The summed E-state index contributed by atoms with van der Waals surface area (Å²) in [6.07, 6.45) is 3.86. The lowest BCUT2D eigenvalue weighted by atomic mass is 9.93. The zero-order chi connectivity index (χ0) is 15.8. The van der Waals surface area contributed by atoms with Gasteiger partial charge in [0.1, 0.15) is 5.82 Å². The second kappa shape index (κ2) is 5.56. The number of aromatic nitrogens is 2. The summed E-state index contributed by atoms with van der Waals surface area (Å²) in [7, 11) is 0. The Kier molecular flexibility index (Phi) is 4.29. The van der Waals surface area contributed by atoms with Gasteiger partial charge < -0.3 is 4.90 Å². The second-order valence-corrected chi connectivity index (χ2v) is 8.17. The van der Waals surface area contributed by atoms with E-state index < -0.39 is 0 Å². The molecule has 1 atom stereocenters. The number of hydrogen-bond donors (Lipinski definition) is 0. The molecule has 4 heteroatoms. The van der Waals surface area contributed by atoms with Crippen LogP contribution in [0.3, 0.4) is 0 Å². The lowest BCUT2D eigenvalue weighted by Gasteiger charge is -2.46. The standard InChI is InChI=1S/C17H30N4/c1-13-12-20(17(5,6)7)8-9-21(13)15-11-18-14(10-19-15)16(2,3)4/h10-11,13H,8-9,12H2,1-7H3. The van der Waals surface area contributed by atoms with Gasteiger partial charge in [-0.05, 0) is 27.7 Å². The molecule has 0 bridgehead atoms. The Balaban J connectivity index is 2.10. The fraction of sp³-hybridized carbons (Fsp3) is 0.765. The first-order valence-electron chi connectivity index (χ1n) is 7.93. The Morgan fingerprint density at radius 3 is 2.10 bits per heavy atom. The Hall–Kier alpha value is -1.16. The van der Waals surface area contributed by atoms with Crippen LogP contribution in [-0.4, -0.2) is 46.1 Å². The van der Waals surface area contributed by atoms with Gasteiger partial charge in [-0.2, -0.15) is 0 Å². The molecule has 0 spiro atoms. The fourth-order valence-corrected chi connectivity index (χ4v) is 2.76. The highest BCUT2D eigenvalue weighted by Gasteiger charge is 2.30. The van der Waals surface area contributed by atoms with E-state index in [2.05, 4.69) is 68.2 Å². The van der Waals surface area contributed by atoms with Gasteiger partial charge in [-0.25, -0.2) is 4.98 Å². The lowest BCUT2D eigenvalue weighted by molar-refractivity contribution is 0.112. The van der Waals surface area contributed by atoms with Crippen LogP contribution in [0.2, 0.25) is 0 Å². The Morgan fingerprint density at radius 1 is 1.00 bits per heavy atom. The molecule has 0 radical (unpaired) electrons. The quantitative estimate of drug-likeness (QED) is 0.795. The fourth-order valence-electron chi connectivity index (χ4n) is 2.76. The Labute approximate surface area is 129 Å². The first-order chi connectivity index (χ1) is 9.59. The number of rotatable bonds is 1. The van der Waals surface area contributed by atoms with Gasteiger partial charge in [0.2, 0.25) is 0 Å². The highest BCUT2D eigenvalue weighted by atomic mass is 15.3. The van der Waals surface area contributed by atoms with E-state index in [4.69, 9.17) is 0 Å². The van der Waals surface area contributed by atoms with E-state index in [9.17, 15) is 0 Å². The van der Waals surface area contributed by atoms with Crippen molar-refractivity contribution in [3.63, 3.8) is 0 Å². The van der Waals surface area contributed by atoms with Gasteiger partial charge in [0, 0.05) is 36.6 Å². The molecule has 1 unspecified atom stereocenters. The molecular weight excluding hydrogens is 260 g/mol. The predicted molar refractivity (Wildman–Crippen MR) is 88.9 cm³/mol. The highest BCUT2D eigenvalue weighted by Crippen LogP contribution is 2.24. The molecule has 0 saturated carbocycles. The number of hydrogen-bond acceptors (Lipinski definition) is 4. The van der Waals surface area contributed by atoms with Crippen molar-refractivity contribution in [1.82, 2.24) is 14.9 Å². The van der Waals surface area contributed by atoms with Crippen molar-refractivity contribution < 1.29 is 0 Å². The van der Waals surface area contributed by atoms with Crippen molar-refractivity contribution in [3.05, 3.63) is 18.1 Å². The van der Waals surface area contributed by atoms with E-state index in [-0.39, 0.29) is 11.0 Å². The molecule has 0 aromatic carbocycles. The minimum absolute atomic E-state index is 0.0576. The Bertz CT molecular complexity index is 467. The third-order valence-electron chi connectivity index (χ3n) is 4.28. The molecule has 1 aliphatic heterocycles. The van der Waals surface area contributed by atoms with E-state index >= 15 is 0 Å². The summed E-state index contributed by atoms with van der Waals surface area (Å²) in [6.45, 7) is 18.8. The molecule has 1 aromatic heterocycles. The third-order valence-corrected chi connectivity index (χ3v) is 4.28. The molecule has 2 heterocycles. The van der Waals surface area contributed by atoms with Crippen LogP contribution in [0, 0.1) is 0 Å². The average Bonchev–Trinajstić information content (AvgIpc) is 2.36. The van der Waals surface area contributed by atoms with Crippen molar-refractivity contribution in [2.45, 2.75) is 65.5 Å². The zero-order valence-corrected chi connectivity index (χ0v) is 14.6. The minimum Gasteiger partial charge on any atom is -0.350 e. The average molecular weight is 290 g/mol. The maximum Gasteiger partial charge on any atom is 0.147 e. The maximum absolute atomic E-state index is 4.65. The van der Waals surface area contributed by atoms with Gasteiger partial charge >= 0.3 is 0 Å². The van der Waals surface area contributed by atoms with Gasteiger partial charge in [0.15, 0.2) is 0 Å². The molecule has 1 aliphatic rings. The predicted octanol–water partition coefficient (Wildman–Crippen LogP) is 3.08. The number of piperazine rings is 1. The molecule has 0 amide bonds. The van der Waals surface area contributed by atoms with Crippen LogP contribution in [0.1, 0.15) is 54.2 Å². The number of anilines is 1. The van der Waals surface area contributed by atoms with E-state index in [1.165, 1.54) is 0 Å². The summed E-state index contributed by atoms with van der Waals surface area (Å²) in [5.41, 5.74) is 1.34. The van der Waals surface area contributed by atoms with Crippen LogP contribution in [-0.2, 0) is 5.41 Å². The van der Waals surface area contributed by atoms with Crippen LogP contribution >= 0.6 is 0 Å². The van der Waals surface area contributed by atoms with Crippen molar-refractivity contribution >= 4 is 5.82 Å². The van der Waals surface area contributed by atoms with Crippen molar-refractivity contribution in [2.75, 3.05) is 24.5 Å². The maximum atomic E-state index is 4.65. The molecule has 21 heavy (non-hydrogen) atoms. The molecule has 2 rings (SSSR count). The van der Waals surface area contributed by atoms with Crippen LogP contribution in [0.15, 0.2) is 12.4 Å². The topological polar surface area (TPSA) is 32.3 Å². The van der Waals surface area contributed by atoms with E-state index in [1.807, 2.05) is 12.4 Å². The van der Waals surface area contributed by atoms with E-state index in [0.717, 1.165) is 31.1 Å². The second-order valence-electron chi connectivity index (χ2n) is 8.17. The van der Waals surface area contributed by atoms with Gasteiger partial charge in [-0.15, -0.1) is 0 Å². The molecule has 4 nitrogen and oxygen atoms in total. The molecule has 0 N–H and O–H groups in total. The highest BCUT2D eigenvalue weighted by molar-refractivity contribution is 5.38. The molecule has 1 saturated heterocycles. The first kappa shape index (κ1) is 16.2. The van der Waals surface area contributed by atoms with Crippen molar-refractivity contribution in [2.24, 2.45) is 0 Å². The van der Waals surface area contributed by atoms with Crippen LogP contribution in [0.5, 0.6) is 0 Å². The minimum atomic E-state index is 0.0576. The smallest absolute Gasteiger partial charge is 0.147 e. The van der Waals surface area contributed by atoms with Crippen molar-refractivity contribution in [3.8, 4) is 0 Å². The zero-order valence-electron chi connectivity index (χ0n) is 14.6. The monoisotopic (exact) mass is 290 g/mol. The largest absolute Gasteiger partial charge is 0.350 e. The van der Waals surface area contributed by atoms with Gasteiger partial charge in [-0.3, -0.25) is 9.88 Å². The summed E-state index contributed by atoms with van der Waals surface area (Å²) in [5, 5.41) is 0. The van der Waals surface area contributed by atoms with Crippen LogP contribution in [0.4, 0.5) is 5.82 Å². The summed E-state index contributed by atoms with van der Waals surface area (Å²) in [4.78, 5) is 14.2. The number of nitrogens with zero attached hydrogens (tertiary/aromatic N) is 4. The lowest BCUT2D eigenvalue weighted by Crippen LogP contribution is -2.57. The van der Waals surface area contributed by atoms with Crippen LogP contribution in [0.25, 0.3) is 0 Å². The van der Waals surface area contributed by atoms with Gasteiger partial charge in [0.25, 0.3) is 0 Å². The molecule has 0 aliphatic carbocycles. The normalized spacial score (nSPS) is 21.7. The van der Waals surface area contributed by atoms with Crippen molar-refractivity contribution in [1.29, 1.82) is 0 Å². The molecule has 1 aromatic rings. The Morgan fingerprint density at radius 2 is 1.67 bits per heavy atom. The van der Waals surface area contributed by atoms with E-state index in [1.54, 1.807) is 0 Å². The summed E-state index contributed by atoms with van der Waals surface area (Å²) < 4.78 is 0.